The highest BCUT2D eigenvalue weighted by molar-refractivity contribution is 8.18. The number of para-hydroxylation sites is 1. The lowest BCUT2D eigenvalue weighted by Crippen LogP contribution is -2.40. The molecule has 3 heterocycles. The van der Waals surface area contributed by atoms with Gasteiger partial charge in [-0.1, -0.05) is 36.4 Å². The van der Waals surface area contributed by atoms with Gasteiger partial charge in [-0.05, 0) is 73.1 Å². The molecule has 0 spiro atoms. The van der Waals surface area contributed by atoms with Crippen LogP contribution in [0.15, 0.2) is 95.0 Å². The molecule has 0 atom stereocenters. The number of carbonyl (C=O) groups is 2. The Morgan fingerprint density at radius 1 is 1.02 bits per heavy atom. The third-order valence-electron chi connectivity index (χ3n) is 7.31. The molecule has 0 radical (unpaired) electrons. The quantitative estimate of drug-likeness (QED) is 0.292. The summed E-state index contributed by atoms with van der Waals surface area (Å²) in [5, 5.41) is 5.50. The molecule has 8 nitrogen and oxygen atoms in total. The van der Waals surface area contributed by atoms with Gasteiger partial charge in [0.2, 0.25) is 5.91 Å². The smallest absolute Gasteiger partial charge is 0.286 e. The van der Waals surface area contributed by atoms with E-state index in [1.165, 1.54) is 17.8 Å². The number of piperidine rings is 1. The number of amidine groups is 1. The van der Waals surface area contributed by atoms with Crippen LogP contribution in [0, 0.1) is 11.7 Å². The highest BCUT2D eigenvalue weighted by Crippen LogP contribution is 2.35. The minimum atomic E-state index is -0.306. The molecule has 1 aromatic heterocycles. The van der Waals surface area contributed by atoms with E-state index in [1.54, 1.807) is 22.9 Å². The van der Waals surface area contributed by atoms with Gasteiger partial charge in [0.1, 0.15) is 18.2 Å². The number of ether oxygens (including phenoxy) is 1. The Morgan fingerprint density at radius 2 is 1.74 bits per heavy atom. The van der Waals surface area contributed by atoms with Crippen LogP contribution in [0.4, 0.5) is 4.39 Å². The Bertz CT molecular complexity index is 1680. The SMILES string of the molecule is NC(=O)C1CCN(C2=NC(=O)/C(=C\c3cn(-c4ccccc4)nc3-c3ccc(OCc4ccccc4F)cc3)S2)CC1. The summed E-state index contributed by atoms with van der Waals surface area (Å²) < 4.78 is 21.6. The van der Waals surface area contributed by atoms with Crippen molar-refractivity contribution in [2.45, 2.75) is 19.4 Å². The van der Waals surface area contributed by atoms with Crippen LogP contribution in [0.1, 0.15) is 24.0 Å². The van der Waals surface area contributed by atoms with Gasteiger partial charge in [0.15, 0.2) is 5.17 Å². The second kappa shape index (κ2) is 12.0. The first-order valence-corrected chi connectivity index (χ1v) is 14.4. The van der Waals surface area contributed by atoms with Gasteiger partial charge in [-0.2, -0.15) is 10.1 Å². The van der Waals surface area contributed by atoms with E-state index < -0.39 is 0 Å². The van der Waals surface area contributed by atoms with Crippen LogP contribution in [-0.4, -0.2) is 44.8 Å². The Kier molecular flexibility index (Phi) is 7.87. The van der Waals surface area contributed by atoms with E-state index in [-0.39, 0.29) is 30.2 Å². The maximum absolute atomic E-state index is 14.0. The van der Waals surface area contributed by atoms with Crippen molar-refractivity contribution in [3.63, 3.8) is 0 Å². The van der Waals surface area contributed by atoms with Crippen LogP contribution >= 0.6 is 11.8 Å². The Hall–Kier alpha value is -4.70. The van der Waals surface area contributed by atoms with Crippen LogP contribution < -0.4 is 10.5 Å². The number of aromatic nitrogens is 2. The van der Waals surface area contributed by atoms with Crippen LogP contribution in [-0.2, 0) is 16.2 Å². The zero-order valence-corrected chi connectivity index (χ0v) is 23.5. The van der Waals surface area contributed by atoms with Gasteiger partial charge in [-0.3, -0.25) is 9.59 Å². The zero-order valence-electron chi connectivity index (χ0n) is 22.7. The van der Waals surface area contributed by atoms with E-state index in [0.29, 0.717) is 53.0 Å². The van der Waals surface area contributed by atoms with Crippen molar-refractivity contribution in [1.29, 1.82) is 0 Å². The fourth-order valence-electron chi connectivity index (χ4n) is 4.95. The first-order chi connectivity index (χ1) is 20.4. The number of halogens is 1. The average molecular weight is 582 g/mol. The first-order valence-electron chi connectivity index (χ1n) is 13.6. The highest BCUT2D eigenvalue weighted by Gasteiger charge is 2.31. The monoisotopic (exact) mass is 581 g/mol. The van der Waals surface area contributed by atoms with E-state index in [2.05, 4.69) is 4.99 Å². The van der Waals surface area contributed by atoms with Crippen molar-refractivity contribution in [2.75, 3.05) is 13.1 Å². The maximum atomic E-state index is 14.0. The van der Waals surface area contributed by atoms with E-state index in [1.807, 2.05) is 71.8 Å². The molecule has 2 amide bonds. The summed E-state index contributed by atoms with van der Waals surface area (Å²) in [5.41, 5.74) is 9.12. The minimum Gasteiger partial charge on any atom is -0.489 e. The summed E-state index contributed by atoms with van der Waals surface area (Å²) in [6.07, 6.45) is 5.01. The summed E-state index contributed by atoms with van der Waals surface area (Å²) in [5.74, 6) is -0.423. The van der Waals surface area contributed by atoms with Crippen molar-refractivity contribution in [2.24, 2.45) is 16.6 Å². The van der Waals surface area contributed by atoms with Gasteiger partial charge in [0.05, 0.1) is 16.3 Å². The molecule has 0 aliphatic carbocycles. The molecule has 0 saturated carbocycles. The highest BCUT2D eigenvalue weighted by atomic mass is 32.2. The van der Waals surface area contributed by atoms with E-state index in [4.69, 9.17) is 15.6 Å². The summed E-state index contributed by atoms with van der Waals surface area (Å²) in [6, 6.07) is 23.7. The van der Waals surface area contributed by atoms with Crippen LogP contribution in [0.3, 0.4) is 0 Å². The number of amides is 2. The van der Waals surface area contributed by atoms with Gasteiger partial charge >= 0.3 is 0 Å². The zero-order chi connectivity index (χ0) is 29.1. The van der Waals surface area contributed by atoms with Crippen molar-refractivity contribution < 1.29 is 18.7 Å². The second-order valence-corrected chi connectivity index (χ2v) is 11.1. The lowest BCUT2D eigenvalue weighted by molar-refractivity contribution is -0.123. The molecule has 1 fully saturated rings. The number of primary amides is 1. The summed E-state index contributed by atoms with van der Waals surface area (Å²) in [6.45, 7) is 1.37. The molecule has 10 heteroatoms. The first kappa shape index (κ1) is 27.5. The predicted octanol–water partition coefficient (Wildman–Crippen LogP) is 5.43. The van der Waals surface area contributed by atoms with E-state index in [9.17, 15) is 14.0 Å². The van der Waals surface area contributed by atoms with Crippen LogP contribution in [0.25, 0.3) is 23.0 Å². The van der Waals surface area contributed by atoms with Crippen molar-refractivity contribution >= 4 is 34.8 Å². The summed E-state index contributed by atoms with van der Waals surface area (Å²) in [7, 11) is 0. The van der Waals surface area contributed by atoms with Crippen molar-refractivity contribution in [3.8, 4) is 22.7 Å². The molecule has 2 aliphatic rings. The number of rotatable bonds is 7. The predicted molar refractivity (Wildman–Crippen MR) is 161 cm³/mol. The molecule has 212 valence electrons. The molecule has 4 aromatic rings. The van der Waals surface area contributed by atoms with E-state index in [0.717, 1.165) is 16.8 Å². The number of hydrogen-bond donors (Lipinski definition) is 1. The standard InChI is InChI=1S/C32H28FN5O3S/c33-27-9-5-4-6-23(27)20-41-26-12-10-21(11-13-26)29-24(19-38(36-29)25-7-2-1-3-8-25)18-28-31(40)35-32(42-28)37-16-14-22(15-17-37)30(34)39/h1-13,18-19,22H,14-17,20H2,(H2,34,39)/b28-18+. The number of likely N-dealkylation sites (tertiary alicyclic amines) is 1. The number of carbonyl (C=O) groups excluding carboxylic acids is 2. The van der Waals surface area contributed by atoms with Gasteiger partial charge in [-0.25, -0.2) is 9.07 Å². The molecule has 0 bridgehead atoms. The molecule has 3 aromatic carbocycles. The average Bonchev–Trinajstić information content (AvgIpc) is 3.61. The Morgan fingerprint density at radius 3 is 2.45 bits per heavy atom. The third-order valence-corrected chi connectivity index (χ3v) is 8.35. The van der Waals surface area contributed by atoms with E-state index >= 15 is 0 Å². The summed E-state index contributed by atoms with van der Waals surface area (Å²) in [4.78, 5) is 31.3. The Labute approximate surface area is 246 Å². The van der Waals surface area contributed by atoms with Crippen LogP contribution in [0.5, 0.6) is 5.75 Å². The lowest BCUT2D eigenvalue weighted by Gasteiger charge is -2.31. The molecule has 42 heavy (non-hydrogen) atoms. The molecular formula is C32H28FN5O3S. The lowest BCUT2D eigenvalue weighted by atomic mass is 9.97. The minimum absolute atomic E-state index is 0.119. The number of aliphatic imine (C=N–C) groups is 1. The van der Waals surface area contributed by atoms with Gasteiger partial charge < -0.3 is 15.4 Å². The maximum Gasteiger partial charge on any atom is 0.286 e. The number of hydrogen-bond acceptors (Lipinski definition) is 6. The topological polar surface area (TPSA) is 103 Å². The number of benzene rings is 3. The molecule has 1 saturated heterocycles. The van der Waals surface area contributed by atoms with Gasteiger partial charge in [0.25, 0.3) is 5.91 Å². The molecule has 6 rings (SSSR count). The number of nitrogens with two attached hydrogens (primary N) is 1. The third kappa shape index (κ3) is 5.99. The number of thioether (sulfide) groups is 1. The largest absolute Gasteiger partial charge is 0.489 e. The van der Waals surface area contributed by atoms with Gasteiger partial charge in [0, 0.05) is 41.9 Å². The molecular weight excluding hydrogens is 553 g/mol. The van der Waals surface area contributed by atoms with Crippen molar-refractivity contribution in [1.82, 2.24) is 14.7 Å². The fourth-order valence-corrected chi connectivity index (χ4v) is 5.90. The van der Waals surface area contributed by atoms with Crippen LogP contribution in [0.2, 0.25) is 0 Å². The molecule has 0 unspecified atom stereocenters. The normalized spacial score (nSPS) is 16.6. The van der Waals surface area contributed by atoms with Gasteiger partial charge in [-0.15, -0.1) is 0 Å². The van der Waals surface area contributed by atoms with Crippen molar-refractivity contribution in [3.05, 3.63) is 107 Å². The Balaban J connectivity index is 1.24. The fraction of sp³-hybridized carbons (Fsp3) is 0.188. The summed E-state index contributed by atoms with van der Waals surface area (Å²) >= 11 is 1.33. The molecule has 2 aliphatic heterocycles. The number of nitrogens with zero attached hydrogens (tertiary/aromatic N) is 4. The second-order valence-electron chi connectivity index (χ2n) is 10.1. The molecule has 2 N–H and O–H groups in total.